The van der Waals surface area contributed by atoms with Gasteiger partial charge in [-0.3, -0.25) is 4.90 Å². The van der Waals surface area contributed by atoms with E-state index < -0.39 is 0 Å². The van der Waals surface area contributed by atoms with Crippen molar-refractivity contribution in [2.45, 2.75) is 57.2 Å². The van der Waals surface area contributed by atoms with Gasteiger partial charge in [0.1, 0.15) is 11.9 Å². The summed E-state index contributed by atoms with van der Waals surface area (Å²) in [6.07, 6.45) is 8.15. The molecule has 0 amide bonds. The minimum Gasteiger partial charge on any atom is -0.488 e. The third-order valence-corrected chi connectivity index (χ3v) is 4.75. The van der Waals surface area contributed by atoms with Crippen LogP contribution < -0.4 is 10.5 Å². The van der Waals surface area contributed by atoms with Crippen LogP contribution in [-0.4, -0.2) is 30.1 Å². The van der Waals surface area contributed by atoms with Crippen LogP contribution >= 0.6 is 0 Å². The van der Waals surface area contributed by atoms with Gasteiger partial charge in [0.25, 0.3) is 0 Å². The van der Waals surface area contributed by atoms with E-state index in [-0.39, 0.29) is 0 Å². The highest BCUT2D eigenvalue weighted by molar-refractivity contribution is 5.33. The molecule has 2 fully saturated rings. The molecule has 1 heterocycles. The fourth-order valence-corrected chi connectivity index (χ4v) is 3.66. The zero-order valence-corrected chi connectivity index (χ0v) is 12.3. The first-order chi connectivity index (χ1) is 9.88. The lowest BCUT2D eigenvalue weighted by Crippen LogP contribution is -2.46. The predicted octanol–water partition coefficient (Wildman–Crippen LogP) is 2.93. The maximum atomic E-state index is 6.38. The molecule has 3 rings (SSSR count). The van der Waals surface area contributed by atoms with Crippen LogP contribution in [0.1, 0.15) is 44.1 Å². The first-order valence-corrected chi connectivity index (χ1v) is 8.07. The highest BCUT2D eigenvalue weighted by Gasteiger charge is 2.33. The summed E-state index contributed by atoms with van der Waals surface area (Å²) >= 11 is 0. The number of hydrogen-bond donors (Lipinski definition) is 1. The quantitative estimate of drug-likeness (QED) is 0.917. The van der Waals surface area contributed by atoms with Gasteiger partial charge in [0.05, 0.1) is 0 Å². The van der Waals surface area contributed by atoms with Gasteiger partial charge >= 0.3 is 0 Å². The van der Waals surface area contributed by atoms with Crippen LogP contribution in [0.4, 0.5) is 0 Å². The Morgan fingerprint density at radius 2 is 1.80 bits per heavy atom. The molecule has 1 aromatic rings. The second kappa shape index (κ2) is 6.59. The van der Waals surface area contributed by atoms with Crippen LogP contribution in [-0.2, 0) is 6.54 Å². The molecular weight excluding hydrogens is 248 g/mol. The third kappa shape index (κ3) is 2.99. The molecule has 3 heteroatoms. The smallest absolute Gasteiger partial charge is 0.124 e. The zero-order valence-electron chi connectivity index (χ0n) is 12.3. The van der Waals surface area contributed by atoms with Gasteiger partial charge in [-0.25, -0.2) is 0 Å². The number of likely N-dealkylation sites (tertiary alicyclic amines) is 1. The zero-order chi connectivity index (χ0) is 13.8. The molecule has 1 aromatic carbocycles. The van der Waals surface area contributed by atoms with Gasteiger partial charge in [-0.1, -0.05) is 24.6 Å². The first-order valence-electron chi connectivity index (χ1n) is 8.07. The summed E-state index contributed by atoms with van der Waals surface area (Å²) in [5, 5.41) is 0. The van der Waals surface area contributed by atoms with Gasteiger partial charge in [-0.05, 0) is 51.3 Å². The van der Waals surface area contributed by atoms with Crippen molar-refractivity contribution in [3.8, 4) is 5.75 Å². The molecule has 2 aliphatic rings. The normalized spacial score (nSPS) is 27.6. The van der Waals surface area contributed by atoms with Crippen molar-refractivity contribution < 1.29 is 4.74 Å². The summed E-state index contributed by atoms with van der Waals surface area (Å²) in [7, 11) is 0. The van der Waals surface area contributed by atoms with E-state index >= 15 is 0 Å². The van der Waals surface area contributed by atoms with E-state index in [2.05, 4.69) is 17.0 Å². The second-order valence-corrected chi connectivity index (χ2v) is 6.06. The molecule has 1 aliphatic heterocycles. The van der Waals surface area contributed by atoms with Crippen molar-refractivity contribution in [3.63, 3.8) is 0 Å². The van der Waals surface area contributed by atoms with Gasteiger partial charge in [-0.2, -0.15) is 0 Å². The topological polar surface area (TPSA) is 38.5 Å². The van der Waals surface area contributed by atoms with E-state index in [1.54, 1.807) is 0 Å². The second-order valence-electron chi connectivity index (χ2n) is 6.06. The van der Waals surface area contributed by atoms with E-state index in [0.29, 0.717) is 18.7 Å². The Hall–Kier alpha value is -1.06. The highest BCUT2D eigenvalue weighted by atomic mass is 16.5. The number of benzene rings is 1. The van der Waals surface area contributed by atoms with Crippen LogP contribution in [0.5, 0.6) is 5.75 Å². The maximum Gasteiger partial charge on any atom is 0.124 e. The lowest BCUT2D eigenvalue weighted by atomic mass is 9.91. The number of hydrogen-bond acceptors (Lipinski definition) is 3. The third-order valence-electron chi connectivity index (χ3n) is 4.75. The first kappa shape index (κ1) is 13.9. The summed E-state index contributed by atoms with van der Waals surface area (Å²) in [6, 6.07) is 8.83. The summed E-state index contributed by atoms with van der Waals surface area (Å²) in [5.74, 6) is 0.992. The fraction of sp³-hybridized carbons (Fsp3) is 0.647. The van der Waals surface area contributed by atoms with Crippen molar-refractivity contribution in [3.05, 3.63) is 29.8 Å². The van der Waals surface area contributed by atoms with Crippen molar-refractivity contribution in [2.24, 2.45) is 5.73 Å². The van der Waals surface area contributed by atoms with Crippen molar-refractivity contribution >= 4 is 0 Å². The van der Waals surface area contributed by atoms with Crippen molar-refractivity contribution in [1.82, 2.24) is 4.90 Å². The molecule has 0 aromatic heterocycles. The molecule has 0 bridgehead atoms. The Labute approximate surface area is 122 Å². The number of rotatable bonds is 4. The largest absolute Gasteiger partial charge is 0.488 e. The summed E-state index contributed by atoms with van der Waals surface area (Å²) in [6.45, 7) is 3.06. The lowest BCUT2D eigenvalue weighted by Gasteiger charge is -2.38. The average Bonchev–Trinajstić information content (AvgIpc) is 3.02. The van der Waals surface area contributed by atoms with E-state index in [4.69, 9.17) is 10.5 Å². The van der Waals surface area contributed by atoms with Gasteiger partial charge in [0.2, 0.25) is 0 Å². The molecule has 20 heavy (non-hydrogen) atoms. The van der Waals surface area contributed by atoms with Gasteiger partial charge < -0.3 is 10.5 Å². The highest BCUT2D eigenvalue weighted by Crippen LogP contribution is 2.30. The Bertz CT molecular complexity index is 429. The van der Waals surface area contributed by atoms with Gasteiger partial charge in [-0.15, -0.1) is 0 Å². The van der Waals surface area contributed by atoms with Crippen LogP contribution in [0.2, 0.25) is 0 Å². The molecule has 2 unspecified atom stereocenters. The number of ether oxygens (including phenoxy) is 1. The molecule has 110 valence electrons. The molecular formula is C17H26N2O. The van der Waals surface area contributed by atoms with E-state index in [1.807, 2.05) is 12.1 Å². The average molecular weight is 274 g/mol. The van der Waals surface area contributed by atoms with Gasteiger partial charge in [0.15, 0.2) is 0 Å². The molecule has 1 saturated heterocycles. The monoisotopic (exact) mass is 274 g/mol. The maximum absolute atomic E-state index is 6.38. The van der Waals surface area contributed by atoms with Crippen LogP contribution in [0.25, 0.3) is 0 Å². The van der Waals surface area contributed by atoms with Crippen LogP contribution in [0, 0.1) is 0 Å². The van der Waals surface area contributed by atoms with E-state index in [1.165, 1.54) is 51.6 Å². The SMILES string of the molecule is NCc1ccccc1OC1CCCCC1N1CCCC1. The molecule has 0 spiro atoms. The standard InChI is InChI=1S/C17H26N2O/c18-13-14-7-1-3-9-16(14)20-17-10-4-2-8-15(17)19-11-5-6-12-19/h1,3,7,9,15,17H,2,4-6,8,10-13,18H2. The number of para-hydroxylation sites is 1. The van der Waals surface area contributed by atoms with Crippen molar-refractivity contribution in [2.75, 3.05) is 13.1 Å². The molecule has 0 radical (unpaired) electrons. The minimum absolute atomic E-state index is 0.342. The van der Waals surface area contributed by atoms with E-state index in [0.717, 1.165) is 11.3 Å². The molecule has 3 nitrogen and oxygen atoms in total. The van der Waals surface area contributed by atoms with Gasteiger partial charge in [0, 0.05) is 18.2 Å². The summed E-state index contributed by atoms with van der Waals surface area (Å²) in [4.78, 5) is 2.65. The Balaban J connectivity index is 1.73. The van der Waals surface area contributed by atoms with Crippen LogP contribution in [0.3, 0.4) is 0 Å². The minimum atomic E-state index is 0.342. The Kier molecular flexibility index (Phi) is 4.58. The Morgan fingerprint density at radius 3 is 2.60 bits per heavy atom. The molecule has 1 saturated carbocycles. The number of nitrogens with zero attached hydrogens (tertiary/aromatic N) is 1. The predicted molar refractivity (Wildman–Crippen MR) is 81.8 cm³/mol. The molecule has 1 aliphatic carbocycles. The Morgan fingerprint density at radius 1 is 1.05 bits per heavy atom. The van der Waals surface area contributed by atoms with Crippen LogP contribution in [0.15, 0.2) is 24.3 Å². The number of nitrogens with two attached hydrogens (primary N) is 1. The fourth-order valence-electron chi connectivity index (χ4n) is 3.66. The summed E-state index contributed by atoms with van der Waals surface area (Å²) in [5.41, 5.74) is 6.95. The molecule has 2 N–H and O–H groups in total. The van der Waals surface area contributed by atoms with E-state index in [9.17, 15) is 0 Å². The lowest BCUT2D eigenvalue weighted by molar-refractivity contribution is 0.0479. The van der Waals surface area contributed by atoms with Crippen molar-refractivity contribution in [1.29, 1.82) is 0 Å². The summed E-state index contributed by atoms with van der Waals surface area (Å²) < 4.78 is 6.38. The molecule has 2 atom stereocenters.